The number of amides is 1. The lowest BCUT2D eigenvalue weighted by Gasteiger charge is -2.20. The molecule has 0 aliphatic carbocycles. The van der Waals surface area contributed by atoms with E-state index < -0.39 is 33.9 Å². The van der Waals surface area contributed by atoms with E-state index >= 15 is 0 Å². The minimum Gasteiger partial charge on any atom is -0.405 e. The smallest absolute Gasteiger partial charge is 0.405 e. The zero-order valence-corrected chi connectivity index (χ0v) is 20.3. The molecular weight excluding hydrogens is 539 g/mol. The molecule has 16 heteroatoms. The first-order chi connectivity index (χ1) is 17.5. The summed E-state index contributed by atoms with van der Waals surface area (Å²) in [6, 6.07) is 6.19. The minimum absolute atomic E-state index is 0.0174. The topological polar surface area (TPSA) is 143 Å². The van der Waals surface area contributed by atoms with Gasteiger partial charge in [-0.25, -0.2) is 23.2 Å². The number of hydrogen-bond donors (Lipinski definition) is 1. The Labute approximate surface area is 213 Å². The van der Waals surface area contributed by atoms with Gasteiger partial charge in [-0.1, -0.05) is 11.6 Å². The minimum atomic E-state index is -4.65. The summed E-state index contributed by atoms with van der Waals surface area (Å²) >= 11 is 6.32. The summed E-state index contributed by atoms with van der Waals surface area (Å²) < 4.78 is 70.5. The average molecular weight is 556 g/mol. The van der Waals surface area contributed by atoms with E-state index in [4.69, 9.17) is 21.6 Å². The number of imidazole rings is 1. The number of nitrogens with one attached hydrogen (secondary N) is 1. The summed E-state index contributed by atoms with van der Waals surface area (Å²) in [4.78, 5) is 24.8. The van der Waals surface area contributed by atoms with Crippen molar-refractivity contribution in [2.24, 2.45) is 0 Å². The number of hydrogen-bond acceptors (Lipinski definition) is 9. The first kappa shape index (κ1) is 26.2. The largest absolute Gasteiger partial charge is 0.413 e. The molecule has 194 valence electrons. The highest BCUT2D eigenvalue weighted by molar-refractivity contribution is 7.92. The molecule has 1 fully saturated rings. The van der Waals surface area contributed by atoms with E-state index in [0.29, 0.717) is 5.69 Å². The molecule has 1 aliphatic heterocycles. The van der Waals surface area contributed by atoms with E-state index in [2.05, 4.69) is 15.0 Å². The summed E-state index contributed by atoms with van der Waals surface area (Å²) in [7, 11) is -3.92. The molecule has 3 aromatic rings. The van der Waals surface area contributed by atoms with Crippen LogP contribution >= 0.6 is 11.6 Å². The highest BCUT2D eigenvalue weighted by Crippen LogP contribution is 2.34. The van der Waals surface area contributed by atoms with Gasteiger partial charge in [-0.2, -0.15) is 23.4 Å². The number of benzene rings is 1. The lowest BCUT2D eigenvalue weighted by molar-refractivity contribution is -0.123. The zero-order valence-electron chi connectivity index (χ0n) is 18.7. The molecule has 0 spiro atoms. The summed E-state index contributed by atoms with van der Waals surface area (Å²) in [5, 5.41) is 9.78. The van der Waals surface area contributed by atoms with Gasteiger partial charge in [0.15, 0.2) is 21.4 Å². The molecule has 1 aromatic carbocycles. The molecule has 4 rings (SSSR count). The Hall–Kier alpha value is -3.90. The number of carbonyl (C=O) groups excluding carboxylic acids is 1. The highest BCUT2D eigenvalue weighted by atomic mass is 35.5. The van der Waals surface area contributed by atoms with Gasteiger partial charge in [0.2, 0.25) is 5.82 Å². The Bertz CT molecular complexity index is 1460. The Kier molecular flexibility index (Phi) is 7.23. The third kappa shape index (κ3) is 5.92. The SMILES string of the molecule is N#Cc1ncc(OC(=O)NCC(F)(F)F)c(N2CC[C@H](S(=O)(=O)c3ccc(-n4ccnc4)cc3Cl)C2)n1. The van der Waals surface area contributed by atoms with Crippen LogP contribution in [0.5, 0.6) is 5.75 Å². The quantitative estimate of drug-likeness (QED) is 0.485. The van der Waals surface area contributed by atoms with Crippen molar-refractivity contribution in [3.8, 4) is 17.5 Å². The van der Waals surface area contributed by atoms with Crippen molar-refractivity contribution in [1.82, 2.24) is 24.8 Å². The number of nitriles is 1. The van der Waals surface area contributed by atoms with Gasteiger partial charge < -0.3 is 19.5 Å². The van der Waals surface area contributed by atoms with Crippen LogP contribution in [-0.2, 0) is 9.84 Å². The zero-order chi connectivity index (χ0) is 26.8. The standard InChI is InChI=1S/C21H17ClF3N7O4S/c22-15-7-13(32-6-4-27-12-32)1-2-17(15)37(34,35)14-3-5-31(10-14)19-16(9-28-18(8-26)30-19)36-20(33)29-11-21(23,24)25/h1-2,4,6-7,9,12,14H,3,5,10-11H2,(H,29,33)/t14-/m0/s1. The number of nitrogens with zero attached hydrogens (tertiary/aromatic N) is 6. The molecule has 1 amide bonds. The number of alkyl halides is 3. The van der Waals surface area contributed by atoms with Crippen molar-refractivity contribution in [3.63, 3.8) is 0 Å². The van der Waals surface area contributed by atoms with Crippen LogP contribution in [0, 0.1) is 11.3 Å². The van der Waals surface area contributed by atoms with Crippen molar-refractivity contribution in [3.05, 3.63) is 54.0 Å². The first-order valence-corrected chi connectivity index (χ1v) is 12.5. The van der Waals surface area contributed by atoms with Crippen LogP contribution in [0.15, 0.2) is 48.0 Å². The number of ether oxygens (including phenoxy) is 1. The normalized spacial score (nSPS) is 15.9. The lowest BCUT2D eigenvalue weighted by atomic mass is 10.3. The third-order valence-corrected chi connectivity index (χ3v) is 8.04. The van der Waals surface area contributed by atoms with E-state index in [1.54, 1.807) is 34.4 Å². The average Bonchev–Trinajstić information content (AvgIpc) is 3.55. The fourth-order valence-corrected chi connectivity index (χ4v) is 5.91. The van der Waals surface area contributed by atoms with Crippen molar-refractivity contribution in [2.75, 3.05) is 24.5 Å². The Morgan fingerprint density at radius 3 is 2.78 bits per heavy atom. The van der Waals surface area contributed by atoms with E-state index in [-0.39, 0.29) is 46.8 Å². The number of rotatable bonds is 6. The van der Waals surface area contributed by atoms with E-state index in [1.165, 1.54) is 23.4 Å². The van der Waals surface area contributed by atoms with Gasteiger partial charge in [-0.15, -0.1) is 0 Å². The summed E-state index contributed by atoms with van der Waals surface area (Å²) in [5.41, 5.74) is 0.616. The van der Waals surface area contributed by atoms with Crippen LogP contribution < -0.4 is 15.0 Å². The molecule has 0 unspecified atom stereocenters. The molecule has 2 aromatic heterocycles. The van der Waals surface area contributed by atoms with E-state index in [0.717, 1.165) is 6.20 Å². The van der Waals surface area contributed by atoms with Gasteiger partial charge in [0.1, 0.15) is 12.6 Å². The van der Waals surface area contributed by atoms with E-state index in [9.17, 15) is 26.4 Å². The molecule has 3 heterocycles. The second-order valence-electron chi connectivity index (χ2n) is 7.84. The monoisotopic (exact) mass is 555 g/mol. The van der Waals surface area contributed by atoms with Crippen molar-refractivity contribution < 1.29 is 31.1 Å². The summed E-state index contributed by atoms with van der Waals surface area (Å²) in [6.07, 6.45) is -0.189. The molecule has 0 radical (unpaired) electrons. The molecule has 0 bridgehead atoms. The maximum atomic E-state index is 13.4. The van der Waals surface area contributed by atoms with Crippen LogP contribution in [0.1, 0.15) is 12.2 Å². The molecule has 37 heavy (non-hydrogen) atoms. The number of sulfone groups is 1. The fraction of sp³-hybridized carbons (Fsp3) is 0.286. The van der Waals surface area contributed by atoms with Gasteiger partial charge in [0.25, 0.3) is 0 Å². The van der Waals surface area contributed by atoms with Gasteiger partial charge in [0.05, 0.1) is 27.7 Å². The number of aromatic nitrogens is 4. The maximum absolute atomic E-state index is 13.4. The molecule has 11 nitrogen and oxygen atoms in total. The Morgan fingerprint density at radius 2 is 2.14 bits per heavy atom. The Morgan fingerprint density at radius 1 is 1.35 bits per heavy atom. The lowest BCUT2D eigenvalue weighted by Crippen LogP contribution is -2.36. The van der Waals surface area contributed by atoms with Crippen molar-refractivity contribution in [1.29, 1.82) is 5.26 Å². The molecule has 1 saturated heterocycles. The van der Waals surface area contributed by atoms with Crippen LogP contribution in [0.2, 0.25) is 5.02 Å². The molecule has 1 N–H and O–H groups in total. The van der Waals surface area contributed by atoms with Gasteiger partial charge >= 0.3 is 12.3 Å². The van der Waals surface area contributed by atoms with Gasteiger partial charge in [-0.3, -0.25) is 0 Å². The second kappa shape index (κ2) is 10.2. The van der Waals surface area contributed by atoms with E-state index in [1.807, 2.05) is 0 Å². The van der Waals surface area contributed by atoms with Gasteiger partial charge in [-0.05, 0) is 24.6 Å². The van der Waals surface area contributed by atoms with Crippen LogP contribution in [0.4, 0.5) is 23.8 Å². The Balaban J connectivity index is 1.55. The summed E-state index contributed by atoms with van der Waals surface area (Å²) in [6.45, 7) is -1.59. The molecule has 1 aliphatic rings. The number of carbonyl (C=O) groups is 1. The van der Waals surface area contributed by atoms with Gasteiger partial charge in [0, 0.05) is 31.2 Å². The van der Waals surface area contributed by atoms with Crippen molar-refractivity contribution in [2.45, 2.75) is 22.7 Å². The van der Waals surface area contributed by atoms with Crippen LogP contribution in [0.3, 0.4) is 0 Å². The summed E-state index contributed by atoms with van der Waals surface area (Å²) in [5.74, 6) is -0.741. The number of anilines is 1. The predicted octanol–water partition coefficient (Wildman–Crippen LogP) is 2.89. The van der Waals surface area contributed by atoms with Crippen LogP contribution in [-0.4, -0.2) is 65.1 Å². The number of halogens is 4. The predicted molar refractivity (Wildman–Crippen MR) is 123 cm³/mol. The molecule has 0 saturated carbocycles. The second-order valence-corrected chi connectivity index (χ2v) is 10.4. The molecule has 1 atom stereocenters. The maximum Gasteiger partial charge on any atom is 0.413 e. The molecular formula is C21H17ClF3N7O4S. The first-order valence-electron chi connectivity index (χ1n) is 10.5. The third-order valence-electron chi connectivity index (χ3n) is 5.38. The highest BCUT2D eigenvalue weighted by Gasteiger charge is 2.37. The fourth-order valence-electron chi connectivity index (χ4n) is 3.67. The van der Waals surface area contributed by atoms with Crippen LogP contribution in [0.25, 0.3) is 5.69 Å². The van der Waals surface area contributed by atoms with Crippen molar-refractivity contribution >= 4 is 33.3 Å².